The summed E-state index contributed by atoms with van der Waals surface area (Å²) in [5.74, 6) is -0.111. The van der Waals surface area contributed by atoms with Gasteiger partial charge in [-0.05, 0) is 30.9 Å². The second-order valence-corrected chi connectivity index (χ2v) is 7.45. The molecule has 0 saturated carbocycles. The molecule has 1 saturated heterocycles. The normalized spacial score (nSPS) is 19.1. The zero-order chi connectivity index (χ0) is 19.9. The number of benzene rings is 2. The van der Waals surface area contributed by atoms with Crippen LogP contribution in [-0.2, 0) is 16.0 Å². The molecule has 1 N–H and O–H groups in total. The van der Waals surface area contributed by atoms with Crippen molar-refractivity contribution in [2.75, 3.05) is 13.1 Å². The molecule has 1 aliphatic heterocycles. The number of likely N-dealkylation sites (tertiary alicyclic amines) is 1. The fourth-order valence-electron chi connectivity index (χ4n) is 3.87. The highest BCUT2D eigenvalue weighted by Crippen LogP contribution is 2.34. The van der Waals surface area contributed by atoms with Gasteiger partial charge >= 0.3 is 0 Å². The van der Waals surface area contributed by atoms with Crippen molar-refractivity contribution in [3.8, 4) is 0 Å². The molecule has 1 fully saturated rings. The standard InChI is InChI=1S/C24H28N2O2/c1-3-14-25-24(28)21-12-13-22(20-11-7-8-18(2)15-20)26(17-21)23(27)16-19-9-5-4-6-10-19/h3-11,15,21-22H,1,12-14,16-17H2,2H3,(H,25,28)/t21-,22+/m1/s1. The Morgan fingerprint density at radius 3 is 2.64 bits per heavy atom. The summed E-state index contributed by atoms with van der Waals surface area (Å²) in [6.45, 7) is 6.62. The van der Waals surface area contributed by atoms with Crippen LogP contribution in [0.5, 0.6) is 0 Å². The quantitative estimate of drug-likeness (QED) is 0.779. The topological polar surface area (TPSA) is 49.4 Å². The fraction of sp³-hybridized carbons (Fsp3) is 0.333. The molecule has 0 aliphatic carbocycles. The number of carbonyl (C=O) groups is 2. The highest BCUT2D eigenvalue weighted by atomic mass is 16.2. The lowest BCUT2D eigenvalue weighted by atomic mass is 9.87. The third-order valence-electron chi connectivity index (χ3n) is 5.32. The summed E-state index contributed by atoms with van der Waals surface area (Å²) in [6.07, 6.45) is 3.59. The molecule has 2 atom stereocenters. The van der Waals surface area contributed by atoms with E-state index in [0.29, 0.717) is 19.5 Å². The number of amides is 2. The highest BCUT2D eigenvalue weighted by Gasteiger charge is 2.35. The monoisotopic (exact) mass is 376 g/mol. The molecule has 0 unspecified atom stereocenters. The molecule has 0 bridgehead atoms. The number of hydrogen-bond acceptors (Lipinski definition) is 2. The van der Waals surface area contributed by atoms with E-state index in [4.69, 9.17) is 0 Å². The van der Waals surface area contributed by atoms with Crippen molar-refractivity contribution in [3.05, 3.63) is 83.9 Å². The lowest BCUT2D eigenvalue weighted by Gasteiger charge is -2.39. The van der Waals surface area contributed by atoms with Crippen molar-refractivity contribution in [2.24, 2.45) is 5.92 Å². The molecule has 1 aliphatic rings. The minimum absolute atomic E-state index is 0.0000957. The van der Waals surface area contributed by atoms with Gasteiger partial charge in [0.1, 0.15) is 0 Å². The number of nitrogens with one attached hydrogen (secondary N) is 1. The summed E-state index contributed by atoms with van der Waals surface area (Å²) in [4.78, 5) is 27.6. The Balaban J connectivity index is 1.81. The van der Waals surface area contributed by atoms with Gasteiger partial charge in [0.05, 0.1) is 18.4 Å². The van der Waals surface area contributed by atoms with Gasteiger partial charge in [-0.1, -0.05) is 66.2 Å². The Morgan fingerprint density at radius 1 is 1.14 bits per heavy atom. The van der Waals surface area contributed by atoms with Crippen molar-refractivity contribution >= 4 is 11.8 Å². The van der Waals surface area contributed by atoms with Crippen molar-refractivity contribution in [3.63, 3.8) is 0 Å². The van der Waals surface area contributed by atoms with Gasteiger partial charge in [-0.25, -0.2) is 0 Å². The van der Waals surface area contributed by atoms with Crippen molar-refractivity contribution in [2.45, 2.75) is 32.2 Å². The van der Waals surface area contributed by atoms with Gasteiger partial charge in [0.25, 0.3) is 0 Å². The molecule has 146 valence electrons. The Morgan fingerprint density at radius 2 is 1.93 bits per heavy atom. The number of piperidine rings is 1. The van der Waals surface area contributed by atoms with Gasteiger partial charge in [0, 0.05) is 13.1 Å². The van der Waals surface area contributed by atoms with E-state index >= 15 is 0 Å². The molecule has 0 aromatic heterocycles. The lowest BCUT2D eigenvalue weighted by molar-refractivity contribution is -0.138. The number of aryl methyl sites for hydroxylation is 1. The first kappa shape index (κ1) is 19.9. The Labute approximate surface area is 167 Å². The van der Waals surface area contributed by atoms with E-state index in [9.17, 15) is 9.59 Å². The molecule has 2 aromatic carbocycles. The van der Waals surface area contributed by atoms with E-state index in [2.05, 4.69) is 37.0 Å². The summed E-state index contributed by atoms with van der Waals surface area (Å²) < 4.78 is 0. The molecule has 0 radical (unpaired) electrons. The molecular weight excluding hydrogens is 348 g/mol. The molecular formula is C24H28N2O2. The van der Waals surface area contributed by atoms with Gasteiger partial charge in [-0.15, -0.1) is 6.58 Å². The Bertz CT molecular complexity index is 832. The molecule has 3 rings (SSSR count). The largest absolute Gasteiger partial charge is 0.352 e. The summed E-state index contributed by atoms with van der Waals surface area (Å²) in [7, 11) is 0. The first-order valence-corrected chi connectivity index (χ1v) is 9.87. The maximum atomic E-state index is 13.2. The Kier molecular flexibility index (Phi) is 6.64. The molecule has 2 amide bonds. The van der Waals surface area contributed by atoms with E-state index < -0.39 is 0 Å². The fourth-order valence-corrected chi connectivity index (χ4v) is 3.87. The predicted molar refractivity (Wildman–Crippen MR) is 112 cm³/mol. The van der Waals surface area contributed by atoms with Crippen molar-refractivity contribution in [1.29, 1.82) is 0 Å². The first-order valence-electron chi connectivity index (χ1n) is 9.87. The number of hydrogen-bond donors (Lipinski definition) is 1. The van der Waals surface area contributed by atoms with Crippen LogP contribution in [0.25, 0.3) is 0 Å². The second-order valence-electron chi connectivity index (χ2n) is 7.45. The smallest absolute Gasteiger partial charge is 0.227 e. The van der Waals surface area contributed by atoms with Crippen LogP contribution < -0.4 is 5.32 Å². The van der Waals surface area contributed by atoms with Crippen LogP contribution in [0, 0.1) is 12.8 Å². The number of carbonyl (C=O) groups excluding carboxylic acids is 2. The van der Waals surface area contributed by atoms with Crippen LogP contribution in [0.4, 0.5) is 0 Å². The third kappa shape index (κ3) is 4.89. The van der Waals surface area contributed by atoms with E-state index in [1.807, 2.05) is 41.3 Å². The molecule has 4 nitrogen and oxygen atoms in total. The SMILES string of the molecule is C=CCNC(=O)[C@@H]1CC[C@@H](c2cccc(C)c2)N(C(=O)Cc2ccccc2)C1. The average molecular weight is 377 g/mol. The van der Waals surface area contributed by atoms with Gasteiger partial charge in [-0.2, -0.15) is 0 Å². The van der Waals surface area contributed by atoms with Crippen molar-refractivity contribution in [1.82, 2.24) is 10.2 Å². The van der Waals surface area contributed by atoms with Crippen LogP contribution in [0.3, 0.4) is 0 Å². The van der Waals surface area contributed by atoms with E-state index in [-0.39, 0.29) is 23.8 Å². The van der Waals surface area contributed by atoms with Crippen LogP contribution in [0.1, 0.15) is 35.6 Å². The van der Waals surface area contributed by atoms with Crippen LogP contribution >= 0.6 is 0 Å². The van der Waals surface area contributed by atoms with Gasteiger partial charge in [0.15, 0.2) is 0 Å². The van der Waals surface area contributed by atoms with E-state index in [1.165, 1.54) is 5.56 Å². The van der Waals surface area contributed by atoms with E-state index in [1.54, 1.807) is 6.08 Å². The number of nitrogens with zero attached hydrogens (tertiary/aromatic N) is 1. The van der Waals surface area contributed by atoms with Crippen LogP contribution in [-0.4, -0.2) is 29.8 Å². The van der Waals surface area contributed by atoms with Gasteiger partial charge in [-0.3, -0.25) is 9.59 Å². The summed E-state index contributed by atoms with van der Waals surface area (Å²) >= 11 is 0. The zero-order valence-corrected chi connectivity index (χ0v) is 16.4. The molecule has 0 spiro atoms. The molecule has 4 heteroatoms. The number of rotatable bonds is 6. The highest BCUT2D eigenvalue weighted by molar-refractivity contribution is 5.82. The minimum Gasteiger partial charge on any atom is -0.352 e. The molecule has 1 heterocycles. The van der Waals surface area contributed by atoms with E-state index in [0.717, 1.165) is 24.0 Å². The molecule has 2 aromatic rings. The zero-order valence-electron chi connectivity index (χ0n) is 16.4. The lowest BCUT2D eigenvalue weighted by Crippen LogP contribution is -2.47. The predicted octanol–water partition coefficient (Wildman–Crippen LogP) is 3.82. The van der Waals surface area contributed by atoms with Crippen LogP contribution in [0.15, 0.2) is 67.3 Å². The first-order chi connectivity index (χ1) is 13.6. The summed E-state index contributed by atoms with van der Waals surface area (Å²) in [5.41, 5.74) is 3.32. The summed E-state index contributed by atoms with van der Waals surface area (Å²) in [5, 5.41) is 2.88. The second kappa shape index (κ2) is 9.36. The third-order valence-corrected chi connectivity index (χ3v) is 5.32. The maximum Gasteiger partial charge on any atom is 0.227 e. The maximum absolute atomic E-state index is 13.2. The van der Waals surface area contributed by atoms with Gasteiger partial charge in [0.2, 0.25) is 11.8 Å². The van der Waals surface area contributed by atoms with Crippen molar-refractivity contribution < 1.29 is 9.59 Å². The van der Waals surface area contributed by atoms with Crippen LogP contribution in [0.2, 0.25) is 0 Å². The summed E-state index contributed by atoms with van der Waals surface area (Å²) in [6, 6.07) is 18.1. The van der Waals surface area contributed by atoms with Gasteiger partial charge < -0.3 is 10.2 Å². The average Bonchev–Trinajstić information content (AvgIpc) is 2.72. The Hall–Kier alpha value is -2.88. The molecule has 28 heavy (non-hydrogen) atoms. The minimum atomic E-state index is -0.180.